The fraction of sp³-hybridized carbons (Fsp3) is 0.571. The van der Waals surface area contributed by atoms with E-state index >= 15 is 0 Å². The molecule has 0 bridgehead atoms. The van der Waals surface area contributed by atoms with Crippen LogP contribution in [0, 0.1) is 6.92 Å². The summed E-state index contributed by atoms with van der Waals surface area (Å²) in [5.41, 5.74) is 3.84. The first-order valence-corrected chi connectivity index (χ1v) is 6.10. The molecular formula is C14H22N2. The van der Waals surface area contributed by atoms with Crippen LogP contribution in [-0.2, 0) is 6.42 Å². The van der Waals surface area contributed by atoms with E-state index in [-0.39, 0.29) is 0 Å². The van der Waals surface area contributed by atoms with Gasteiger partial charge in [0.05, 0.1) is 5.69 Å². The second kappa shape index (κ2) is 7.15. The SMILES string of the molecule is CC(C)=CCCCCCc1nnccc1C. The second-order valence-electron chi connectivity index (χ2n) is 4.54. The molecule has 0 radical (unpaired) electrons. The van der Waals surface area contributed by atoms with E-state index in [0.717, 1.165) is 12.1 Å². The Morgan fingerprint density at radius 2 is 2.06 bits per heavy atom. The van der Waals surface area contributed by atoms with Gasteiger partial charge in [0, 0.05) is 6.20 Å². The van der Waals surface area contributed by atoms with Crippen molar-refractivity contribution in [3.63, 3.8) is 0 Å². The van der Waals surface area contributed by atoms with E-state index in [0.29, 0.717) is 0 Å². The molecule has 16 heavy (non-hydrogen) atoms. The summed E-state index contributed by atoms with van der Waals surface area (Å²) in [5, 5.41) is 8.09. The Kier molecular flexibility index (Phi) is 5.76. The predicted octanol–water partition coefficient (Wildman–Crippen LogP) is 3.85. The van der Waals surface area contributed by atoms with Gasteiger partial charge in [-0.1, -0.05) is 18.1 Å². The number of aromatic nitrogens is 2. The second-order valence-corrected chi connectivity index (χ2v) is 4.54. The molecule has 0 unspecified atom stereocenters. The summed E-state index contributed by atoms with van der Waals surface area (Å²) in [6, 6.07) is 2.03. The lowest BCUT2D eigenvalue weighted by Crippen LogP contribution is -1.96. The highest BCUT2D eigenvalue weighted by atomic mass is 15.1. The van der Waals surface area contributed by atoms with Crippen molar-refractivity contribution < 1.29 is 0 Å². The number of hydrogen-bond acceptors (Lipinski definition) is 2. The summed E-state index contributed by atoms with van der Waals surface area (Å²) in [5.74, 6) is 0. The zero-order valence-electron chi connectivity index (χ0n) is 10.7. The Bertz CT molecular complexity index is 338. The first kappa shape index (κ1) is 12.9. The van der Waals surface area contributed by atoms with Crippen LogP contribution in [0.2, 0.25) is 0 Å². The Balaban J connectivity index is 2.17. The van der Waals surface area contributed by atoms with E-state index in [1.807, 2.05) is 6.07 Å². The molecule has 0 atom stereocenters. The maximum Gasteiger partial charge on any atom is 0.0660 e. The molecule has 1 heterocycles. The van der Waals surface area contributed by atoms with Gasteiger partial charge in [-0.05, 0) is 58.1 Å². The van der Waals surface area contributed by atoms with Gasteiger partial charge in [0.25, 0.3) is 0 Å². The highest BCUT2D eigenvalue weighted by Gasteiger charge is 1.98. The molecule has 0 aromatic carbocycles. The van der Waals surface area contributed by atoms with Crippen LogP contribution in [0.3, 0.4) is 0 Å². The lowest BCUT2D eigenvalue weighted by molar-refractivity contribution is 0.670. The van der Waals surface area contributed by atoms with Crippen molar-refractivity contribution in [2.45, 2.75) is 52.9 Å². The summed E-state index contributed by atoms with van der Waals surface area (Å²) in [6.45, 7) is 6.42. The van der Waals surface area contributed by atoms with Crippen LogP contribution in [0.4, 0.5) is 0 Å². The summed E-state index contributed by atoms with van der Waals surface area (Å²) in [7, 11) is 0. The molecule has 0 spiro atoms. The van der Waals surface area contributed by atoms with Crippen molar-refractivity contribution in [3.05, 3.63) is 35.2 Å². The van der Waals surface area contributed by atoms with Gasteiger partial charge in [0.2, 0.25) is 0 Å². The van der Waals surface area contributed by atoms with Crippen LogP contribution in [0.15, 0.2) is 23.9 Å². The molecule has 0 fully saturated rings. The van der Waals surface area contributed by atoms with E-state index in [2.05, 4.69) is 37.0 Å². The summed E-state index contributed by atoms with van der Waals surface area (Å²) in [6.07, 6.45) is 10.1. The predicted molar refractivity (Wildman–Crippen MR) is 68.4 cm³/mol. The van der Waals surface area contributed by atoms with Gasteiger partial charge in [-0.15, -0.1) is 0 Å². The van der Waals surface area contributed by atoms with Crippen LogP contribution in [0.25, 0.3) is 0 Å². The van der Waals surface area contributed by atoms with Crippen molar-refractivity contribution in [2.24, 2.45) is 0 Å². The van der Waals surface area contributed by atoms with Crippen LogP contribution < -0.4 is 0 Å². The first-order valence-electron chi connectivity index (χ1n) is 6.10. The van der Waals surface area contributed by atoms with E-state index in [4.69, 9.17) is 0 Å². The first-order chi connectivity index (χ1) is 7.70. The van der Waals surface area contributed by atoms with Crippen LogP contribution in [0.1, 0.15) is 50.8 Å². The highest BCUT2D eigenvalue weighted by Crippen LogP contribution is 2.09. The van der Waals surface area contributed by atoms with E-state index in [9.17, 15) is 0 Å². The standard InChI is InChI=1S/C14H22N2/c1-12(2)8-6-4-5-7-9-14-13(3)10-11-15-16-14/h8,10-11H,4-7,9H2,1-3H3. The molecule has 0 saturated heterocycles. The summed E-state index contributed by atoms with van der Waals surface area (Å²) in [4.78, 5) is 0. The van der Waals surface area contributed by atoms with Gasteiger partial charge < -0.3 is 0 Å². The highest BCUT2D eigenvalue weighted by molar-refractivity contribution is 5.14. The molecule has 1 rings (SSSR count). The van der Waals surface area contributed by atoms with E-state index < -0.39 is 0 Å². The number of hydrogen-bond donors (Lipinski definition) is 0. The van der Waals surface area contributed by atoms with E-state index in [1.54, 1.807) is 6.20 Å². The summed E-state index contributed by atoms with van der Waals surface area (Å²) < 4.78 is 0. The van der Waals surface area contributed by atoms with Crippen molar-refractivity contribution in [1.82, 2.24) is 10.2 Å². The third kappa shape index (κ3) is 5.06. The average Bonchev–Trinajstić information content (AvgIpc) is 2.25. The smallest absolute Gasteiger partial charge is 0.0660 e. The Morgan fingerprint density at radius 3 is 2.75 bits per heavy atom. The van der Waals surface area contributed by atoms with Crippen LogP contribution >= 0.6 is 0 Å². The Hall–Kier alpha value is -1.18. The molecule has 1 aromatic heterocycles. The van der Waals surface area contributed by atoms with Gasteiger partial charge in [-0.2, -0.15) is 10.2 Å². The number of nitrogens with zero attached hydrogens (tertiary/aromatic N) is 2. The minimum atomic E-state index is 1.06. The van der Waals surface area contributed by atoms with E-state index in [1.165, 1.54) is 36.8 Å². The van der Waals surface area contributed by atoms with Crippen molar-refractivity contribution in [1.29, 1.82) is 0 Å². The normalized spacial score (nSPS) is 10.2. The van der Waals surface area contributed by atoms with Crippen molar-refractivity contribution in [3.8, 4) is 0 Å². The zero-order chi connectivity index (χ0) is 11.8. The number of rotatable bonds is 6. The van der Waals surface area contributed by atoms with Crippen molar-refractivity contribution >= 4 is 0 Å². The minimum Gasteiger partial charge on any atom is -0.159 e. The van der Waals surface area contributed by atoms with Gasteiger partial charge in [0.15, 0.2) is 0 Å². The van der Waals surface area contributed by atoms with Gasteiger partial charge in [0.1, 0.15) is 0 Å². The quantitative estimate of drug-likeness (QED) is 0.535. The fourth-order valence-corrected chi connectivity index (χ4v) is 1.67. The maximum atomic E-state index is 4.16. The number of aryl methyl sites for hydroxylation is 2. The molecule has 0 aliphatic rings. The minimum absolute atomic E-state index is 1.06. The molecule has 0 saturated carbocycles. The molecule has 88 valence electrons. The fourth-order valence-electron chi connectivity index (χ4n) is 1.67. The van der Waals surface area contributed by atoms with Gasteiger partial charge in [-0.3, -0.25) is 0 Å². The average molecular weight is 218 g/mol. The Labute approximate surface area is 98.8 Å². The molecular weight excluding hydrogens is 196 g/mol. The maximum absolute atomic E-state index is 4.16. The summed E-state index contributed by atoms with van der Waals surface area (Å²) >= 11 is 0. The number of allylic oxidation sites excluding steroid dienone is 2. The molecule has 0 aliphatic heterocycles. The lowest BCUT2D eigenvalue weighted by Gasteiger charge is -2.02. The molecule has 0 aliphatic carbocycles. The Morgan fingerprint density at radius 1 is 1.25 bits per heavy atom. The zero-order valence-corrected chi connectivity index (χ0v) is 10.7. The molecule has 2 heteroatoms. The molecule has 2 nitrogen and oxygen atoms in total. The number of unbranched alkanes of at least 4 members (excludes halogenated alkanes) is 3. The lowest BCUT2D eigenvalue weighted by atomic mass is 10.1. The monoisotopic (exact) mass is 218 g/mol. The largest absolute Gasteiger partial charge is 0.159 e. The third-order valence-corrected chi connectivity index (χ3v) is 2.70. The van der Waals surface area contributed by atoms with Gasteiger partial charge >= 0.3 is 0 Å². The van der Waals surface area contributed by atoms with Gasteiger partial charge in [-0.25, -0.2) is 0 Å². The topological polar surface area (TPSA) is 25.8 Å². The molecule has 1 aromatic rings. The van der Waals surface area contributed by atoms with Crippen LogP contribution in [0.5, 0.6) is 0 Å². The molecule has 0 amide bonds. The van der Waals surface area contributed by atoms with Crippen molar-refractivity contribution in [2.75, 3.05) is 0 Å². The molecule has 0 N–H and O–H groups in total. The van der Waals surface area contributed by atoms with Crippen LogP contribution in [-0.4, -0.2) is 10.2 Å². The third-order valence-electron chi connectivity index (χ3n) is 2.70.